The third-order valence-corrected chi connectivity index (χ3v) is 10.1. The fourth-order valence-electron chi connectivity index (χ4n) is 7.54. The van der Waals surface area contributed by atoms with E-state index in [1.807, 2.05) is 146 Å². The lowest BCUT2D eigenvalue weighted by molar-refractivity contribution is 0.670. The van der Waals surface area contributed by atoms with E-state index in [9.17, 15) is 0 Å². The van der Waals surface area contributed by atoms with Crippen molar-refractivity contribution in [3.05, 3.63) is 176 Å². The van der Waals surface area contributed by atoms with Crippen molar-refractivity contribution in [3.8, 4) is 62.9 Å². The van der Waals surface area contributed by atoms with Crippen LogP contribution in [0.15, 0.2) is 180 Å². The molecule has 56 heavy (non-hydrogen) atoms. The van der Waals surface area contributed by atoms with Crippen LogP contribution in [0.4, 0.5) is 0 Å². The average Bonchev–Trinajstić information content (AvgIpc) is 3.83. The van der Waals surface area contributed by atoms with E-state index in [4.69, 9.17) is 34.3 Å². The zero-order chi connectivity index (χ0) is 37.0. The topological polar surface area (TPSA) is 95.4 Å². The van der Waals surface area contributed by atoms with Crippen LogP contribution in [0, 0.1) is 0 Å². The number of hydrogen-bond donors (Lipinski definition) is 0. The lowest BCUT2D eigenvalue weighted by Crippen LogP contribution is -2.06. The first kappa shape index (κ1) is 31.7. The predicted octanol–water partition coefficient (Wildman–Crippen LogP) is 11.4. The minimum absolute atomic E-state index is 0.466. The summed E-state index contributed by atoms with van der Waals surface area (Å²) in [6.45, 7) is 0. The number of hydrogen-bond acceptors (Lipinski definition) is 7. The molecule has 8 nitrogen and oxygen atoms in total. The molecular weight excluding hydrogens is 691 g/mol. The number of benzene rings is 7. The van der Waals surface area contributed by atoms with Crippen molar-refractivity contribution >= 4 is 43.7 Å². The molecule has 4 aromatic heterocycles. The summed E-state index contributed by atoms with van der Waals surface area (Å²) in [5, 5.41) is 3.80. The van der Waals surface area contributed by atoms with Gasteiger partial charge in [-0.15, -0.1) is 0 Å². The van der Waals surface area contributed by atoms with E-state index in [0.717, 1.165) is 66.0 Å². The number of aromatic nitrogens is 7. The number of para-hydroxylation sites is 2. The normalized spacial score (nSPS) is 11.6. The Bertz CT molecular complexity index is 3120. The van der Waals surface area contributed by atoms with Gasteiger partial charge in [-0.05, 0) is 18.2 Å². The molecule has 0 saturated carbocycles. The zero-order valence-electron chi connectivity index (χ0n) is 29.8. The van der Waals surface area contributed by atoms with Crippen molar-refractivity contribution in [1.29, 1.82) is 0 Å². The number of furan rings is 1. The third kappa shape index (κ3) is 5.23. The third-order valence-electron chi connectivity index (χ3n) is 10.1. The molecule has 0 atom stereocenters. The molecule has 11 rings (SSSR count). The van der Waals surface area contributed by atoms with Gasteiger partial charge in [0.25, 0.3) is 0 Å². The van der Waals surface area contributed by atoms with Crippen molar-refractivity contribution in [2.75, 3.05) is 0 Å². The molecule has 0 saturated heterocycles. The van der Waals surface area contributed by atoms with E-state index in [1.165, 1.54) is 0 Å². The van der Waals surface area contributed by atoms with Gasteiger partial charge in [0.1, 0.15) is 11.1 Å². The summed E-state index contributed by atoms with van der Waals surface area (Å²) in [5.74, 6) is 3.31. The molecule has 0 bridgehead atoms. The van der Waals surface area contributed by atoms with Gasteiger partial charge in [0.05, 0.1) is 5.52 Å². The van der Waals surface area contributed by atoms with Crippen LogP contribution in [-0.4, -0.2) is 34.5 Å². The maximum atomic E-state index is 6.82. The van der Waals surface area contributed by atoms with Crippen molar-refractivity contribution in [1.82, 2.24) is 34.5 Å². The maximum absolute atomic E-state index is 6.82. The fourth-order valence-corrected chi connectivity index (χ4v) is 7.54. The van der Waals surface area contributed by atoms with E-state index >= 15 is 0 Å². The van der Waals surface area contributed by atoms with Crippen molar-refractivity contribution in [2.24, 2.45) is 0 Å². The monoisotopic (exact) mass is 719 g/mol. The quantitative estimate of drug-likeness (QED) is 0.169. The molecule has 0 amide bonds. The molecule has 0 fully saturated rings. The van der Waals surface area contributed by atoms with Gasteiger partial charge in [-0.3, -0.25) is 4.57 Å². The van der Waals surface area contributed by atoms with Crippen molar-refractivity contribution in [3.63, 3.8) is 0 Å². The molecule has 7 aromatic carbocycles. The Kier molecular flexibility index (Phi) is 7.31. The molecule has 0 radical (unpaired) electrons. The van der Waals surface area contributed by atoms with Crippen LogP contribution < -0.4 is 0 Å². The first-order valence-electron chi connectivity index (χ1n) is 18.4. The molecule has 0 aliphatic rings. The van der Waals surface area contributed by atoms with Crippen LogP contribution in [0.1, 0.15) is 0 Å². The van der Waals surface area contributed by atoms with Gasteiger partial charge in [0, 0.05) is 49.4 Å². The summed E-state index contributed by atoms with van der Waals surface area (Å²) in [7, 11) is 0. The molecule has 4 heterocycles. The highest BCUT2D eigenvalue weighted by atomic mass is 16.3. The second kappa shape index (κ2) is 12.9. The zero-order valence-corrected chi connectivity index (χ0v) is 29.8. The van der Waals surface area contributed by atoms with Gasteiger partial charge in [0.15, 0.2) is 34.7 Å². The molecular formula is C48H29N7O. The Labute approximate surface area is 320 Å². The first-order chi connectivity index (χ1) is 27.8. The van der Waals surface area contributed by atoms with Gasteiger partial charge >= 0.3 is 0 Å². The number of nitrogens with zero attached hydrogens (tertiary/aromatic N) is 7. The average molecular weight is 720 g/mol. The second-order valence-electron chi connectivity index (χ2n) is 13.5. The van der Waals surface area contributed by atoms with Crippen LogP contribution in [0.3, 0.4) is 0 Å². The summed E-state index contributed by atoms with van der Waals surface area (Å²) in [6, 6.07) is 58.7. The highest BCUT2D eigenvalue weighted by Crippen LogP contribution is 2.45. The van der Waals surface area contributed by atoms with Crippen LogP contribution in [0.5, 0.6) is 0 Å². The standard InChI is InChI=1S/C48H29N7O/c1-5-17-30(18-6-1)43-49-44(31-19-7-2-8-20-31)52-47(51-43)37-29-36-34-25-14-16-28-39(34)56-42(36)41-40(37)35-26-13-15-27-38(35)55(41)48-53-45(32-21-9-3-10-22-32)50-46(54-48)33-23-11-4-12-24-33/h1-29H. The predicted molar refractivity (Wildman–Crippen MR) is 222 cm³/mol. The van der Waals surface area contributed by atoms with Crippen molar-refractivity contribution < 1.29 is 4.42 Å². The molecule has 8 heteroatoms. The molecule has 0 aliphatic heterocycles. The van der Waals surface area contributed by atoms with E-state index in [2.05, 4.69) is 34.9 Å². The maximum Gasteiger partial charge on any atom is 0.238 e. The van der Waals surface area contributed by atoms with Crippen molar-refractivity contribution in [2.45, 2.75) is 0 Å². The molecule has 0 aliphatic carbocycles. The Hall–Kier alpha value is -7.84. The van der Waals surface area contributed by atoms with Crippen LogP contribution in [-0.2, 0) is 0 Å². The van der Waals surface area contributed by atoms with E-state index in [1.54, 1.807) is 0 Å². The molecule has 262 valence electrons. The summed E-state index contributed by atoms with van der Waals surface area (Å²) in [5.41, 5.74) is 7.60. The molecule has 0 spiro atoms. The van der Waals surface area contributed by atoms with Gasteiger partial charge in [0.2, 0.25) is 5.95 Å². The SMILES string of the molecule is c1ccc(-c2nc(-c3ccccc3)nc(-c3cc4c5ccccc5oc4c4c3c3ccccc3n4-c3nc(-c4ccccc4)nc(-c4ccccc4)n3)n2)cc1. The lowest BCUT2D eigenvalue weighted by atomic mass is 10.0. The van der Waals surface area contributed by atoms with Gasteiger partial charge in [-0.25, -0.2) is 19.9 Å². The minimum Gasteiger partial charge on any atom is -0.454 e. The van der Waals surface area contributed by atoms with Gasteiger partial charge in [-0.2, -0.15) is 9.97 Å². The Morgan fingerprint density at radius 1 is 0.375 bits per heavy atom. The Morgan fingerprint density at radius 2 is 0.804 bits per heavy atom. The van der Waals surface area contributed by atoms with E-state index in [-0.39, 0.29) is 0 Å². The smallest absolute Gasteiger partial charge is 0.238 e. The van der Waals surface area contributed by atoms with Gasteiger partial charge in [-0.1, -0.05) is 158 Å². The minimum atomic E-state index is 0.466. The highest BCUT2D eigenvalue weighted by molar-refractivity contribution is 6.26. The van der Waals surface area contributed by atoms with Gasteiger partial charge < -0.3 is 4.42 Å². The van der Waals surface area contributed by atoms with Crippen LogP contribution in [0.2, 0.25) is 0 Å². The highest BCUT2D eigenvalue weighted by Gasteiger charge is 2.26. The largest absolute Gasteiger partial charge is 0.454 e. The fraction of sp³-hybridized carbons (Fsp3) is 0. The first-order valence-corrected chi connectivity index (χ1v) is 18.4. The molecule has 0 unspecified atom stereocenters. The Balaban J connectivity index is 1.29. The summed E-state index contributed by atoms with van der Waals surface area (Å²) in [4.78, 5) is 30.8. The summed E-state index contributed by atoms with van der Waals surface area (Å²) >= 11 is 0. The Morgan fingerprint density at radius 3 is 1.34 bits per heavy atom. The van der Waals surface area contributed by atoms with Crippen LogP contribution >= 0.6 is 0 Å². The number of fused-ring (bicyclic) bond motifs is 7. The second-order valence-corrected chi connectivity index (χ2v) is 13.5. The summed E-state index contributed by atoms with van der Waals surface area (Å²) < 4.78 is 8.93. The molecule has 0 N–H and O–H groups in total. The van der Waals surface area contributed by atoms with E-state index < -0.39 is 0 Å². The number of rotatable bonds is 6. The molecule has 11 aromatic rings. The van der Waals surface area contributed by atoms with Crippen LogP contribution in [0.25, 0.3) is 107 Å². The van der Waals surface area contributed by atoms with E-state index in [0.29, 0.717) is 40.7 Å². The summed E-state index contributed by atoms with van der Waals surface area (Å²) in [6.07, 6.45) is 0. The lowest BCUT2D eigenvalue weighted by Gasteiger charge is -2.12.